The van der Waals surface area contributed by atoms with Crippen LogP contribution in [0.5, 0.6) is 5.75 Å². The van der Waals surface area contributed by atoms with E-state index >= 15 is 0 Å². The molecule has 8 heteroatoms. The molecule has 0 spiro atoms. The number of rotatable bonds is 5. The van der Waals surface area contributed by atoms with Crippen LogP contribution in [-0.4, -0.2) is 79.4 Å². The van der Waals surface area contributed by atoms with E-state index in [1.807, 2.05) is 36.9 Å². The van der Waals surface area contributed by atoms with Gasteiger partial charge in [0, 0.05) is 37.5 Å². The van der Waals surface area contributed by atoms with Gasteiger partial charge in [0.05, 0.1) is 19.3 Å². The summed E-state index contributed by atoms with van der Waals surface area (Å²) in [5.41, 5.74) is 9.44. The molecule has 2 N–H and O–H groups in total. The fourth-order valence-corrected chi connectivity index (χ4v) is 5.54. The minimum Gasteiger partial charge on any atom is -0.496 e. The number of amides is 2. The van der Waals surface area contributed by atoms with Crippen molar-refractivity contribution < 1.29 is 19.1 Å². The average Bonchev–Trinajstić information content (AvgIpc) is 3.34. The van der Waals surface area contributed by atoms with Crippen molar-refractivity contribution in [3.8, 4) is 5.75 Å². The Morgan fingerprint density at radius 2 is 1.77 bits per heavy atom. The highest BCUT2D eigenvalue weighted by atomic mass is 16.5. The van der Waals surface area contributed by atoms with E-state index in [0.717, 1.165) is 49.1 Å². The Bertz CT molecular complexity index is 987. The van der Waals surface area contributed by atoms with Gasteiger partial charge in [-0.15, -0.1) is 0 Å². The Labute approximate surface area is 208 Å². The number of piperidine rings is 1. The predicted molar refractivity (Wildman–Crippen MR) is 136 cm³/mol. The molecule has 2 amide bonds. The summed E-state index contributed by atoms with van der Waals surface area (Å²) in [5, 5.41) is 0. The third-order valence-electron chi connectivity index (χ3n) is 7.28. The highest BCUT2D eigenvalue weighted by Crippen LogP contribution is 2.34. The molecular weight excluding hydrogens is 444 g/mol. The van der Waals surface area contributed by atoms with Crippen LogP contribution in [0.3, 0.4) is 0 Å². The molecule has 3 aliphatic rings. The number of hydrogen-bond acceptors (Lipinski definition) is 6. The molecule has 2 aliphatic heterocycles. The Morgan fingerprint density at radius 3 is 2.46 bits per heavy atom. The number of methoxy groups -OCH3 is 1. The van der Waals surface area contributed by atoms with Crippen molar-refractivity contribution in [2.45, 2.75) is 64.1 Å². The monoisotopic (exact) mass is 482 g/mol. The van der Waals surface area contributed by atoms with Crippen molar-refractivity contribution in [1.82, 2.24) is 9.80 Å². The number of nitrogens with zero attached hydrogens (tertiary/aromatic N) is 3. The van der Waals surface area contributed by atoms with Crippen LogP contribution in [0.4, 0.5) is 0 Å². The number of morpholine rings is 1. The predicted octanol–water partition coefficient (Wildman–Crippen LogP) is 2.87. The number of para-hydroxylation sites is 1. The molecule has 3 fully saturated rings. The number of carbonyl (C=O) groups is 2. The molecule has 0 aromatic heterocycles. The summed E-state index contributed by atoms with van der Waals surface area (Å²) in [5.74, 6) is 1.18. The van der Waals surface area contributed by atoms with Gasteiger partial charge in [-0.25, -0.2) is 0 Å². The lowest BCUT2D eigenvalue weighted by Crippen LogP contribution is -2.49. The maximum Gasteiger partial charge on any atom is 0.270 e. The van der Waals surface area contributed by atoms with Gasteiger partial charge in [0.2, 0.25) is 5.91 Å². The van der Waals surface area contributed by atoms with Gasteiger partial charge in [0.15, 0.2) is 0 Å². The van der Waals surface area contributed by atoms with Crippen molar-refractivity contribution in [2.75, 3.05) is 39.8 Å². The summed E-state index contributed by atoms with van der Waals surface area (Å²) in [6, 6.07) is 8.13. The second-order valence-corrected chi connectivity index (χ2v) is 9.87. The van der Waals surface area contributed by atoms with E-state index in [1.54, 1.807) is 12.0 Å². The van der Waals surface area contributed by atoms with Crippen molar-refractivity contribution in [2.24, 2.45) is 10.7 Å². The van der Waals surface area contributed by atoms with E-state index in [0.29, 0.717) is 32.1 Å². The number of aliphatic imine (C=N–C) groups is 1. The van der Waals surface area contributed by atoms with Crippen LogP contribution in [0, 0.1) is 0 Å². The first kappa shape index (κ1) is 25.2. The number of hydrogen-bond donors (Lipinski definition) is 1. The van der Waals surface area contributed by atoms with Crippen LogP contribution in [0.2, 0.25) is 0 Å². The van der Waals surface area contributed by atoms with Gasteiger partial charge in [-0.3, -0.25) is 14.6 Å². The molecule has 190 valence electrons. The van der Waals surface area contributed by atoms with Gasteiger partial charge < -0.3 is 25.0 Å². The van der Waals surface area contributed by atoms with Crippen LogP contribution in [0.1, 0.15) is 57.4 Å². The molecule has 35 heavy (non-hydrogen) atoms. The van der Waals surface area contributed by atoms with Crippen molar-refractivity contribution in [3.05, 3.63) is 41.1 Å². The third kappa shape index (κ3) is 5.86. The van der Waals surface area contributed by atoms with E-state index < -0.39 is 0 Å². The molecule has 2 saturated heterocycles. The van der Waals surface area contributed by atoms with Crippen molar-refractivity contribution in [3.63, 3.8) is 0 Å². The number of ether oxygens (including phenoxy) is 2. The van der Waals surface area contributed by atoms with E-state index in [2.05, 4.69) is 11.1 Å². The second-order valence-electron chi connectivity index (χ2n) is 9.87. The van der Waals surface area contributed by atoms with Crippen LogP contribution in [-0.2, 0) is 14.3 Å². The zero-order valence-electron chi connectivity index (χ0n) is 21.2. The maximum absolute atomic E-state index is 13.0. The van der Waals surface area contributed by atoms with Crippen molar-refractivity contribution >= 4 is 17.5 Å². The molecule has 4 rings (SSSR count). The lowest BCUT2D eigenvalue weighted by molar-refractivity contribution is -0.139. The van der Waals surface area contributed by atoms with E-state index in [-0.39, 0.29) is 36.3 Å². The van der Waals surface area contributed by atoms with Crippen molar-refractivity contribution in [1.29, 1.82) is 0 Å². The Balaban J connectivity index is 1.36. The summed E-state index contributed by atoms with van der Waals surface area (Å²) in [6.45, 7) is 6.52. The zero-order chi connectivity index (χ0) is 24.9. The molecule has 1 aliphatic carbocycles. The summed E-state index contributed by atoms with van der Waals surface area (Å²) < 4.78 is 11.3. The first-order valence-electron chi connectivity index (χ1n) is 12.7. The highest BCUT2D eigenvalue weighted by molar-refractivity contribution is 6.09. The topological polar surface area (TPSA) is 97.5 Å². The van der Waals surface area contributed by atoms with Crippen LogP contribution >= 0.6 is 0 Å². The number of nitrogens with two attached hydrogens (primary N) is 1. The first-order chi connectivity index (χ1) is 16.9. The fourth-order valence-electron chi connectivity index (χ4n) is 5.54. The summed E-state index contributed by atoms with van der Waals surface area (Å²) in [6.07, 6.45) is 4.17. The number of benzene rings is 1. The lowest BCUT2D eigenvalue weighted by Gasteiger charge is -2.35. The summed E-state index contributed by atoms with van der Waals surface area (Å²) in [7, 11) is 1.70. The molecule has 1 saturated carbocycles. The molecule has 2 heterocycles. The fraction of sp³-hybridized carbons (Fsp3) is 0.593. The third-order valence-corrected chi connectivity index (χ3v) is 7.28. The van der Waals surface area contributed by atoms with E-state index in [9.17, 15) is 9.59 Å². The molecule has 0 radical (unpaired) electrons. The van der Waals surface area contributed by atoms with E-state index in [1.165, 1.54) is 5.56 Å². The van der Waals surface area contributed by atoms with E-state index in [4.69, 9.17) is 15.2 Å². The molecule has 2 atom stereocenters. The summed E-state index contributed by atoms with van der Waals surface area (Å²) >= 11 is 0. The standard InChI is InChI=1S/C27H38N4O4/c1-18-16-31(17-19(2)35-18)27(33)26(28)22-8-6-9-23(22)29-15-25(32)30-13-11-20(12-14-30)21-7-4-5-10-24(21)34-3/h4-5,7,10,18-20H,6,8-9,11-17,28H2,1-3H3/b26-22-,29-23?/t18-,19+. The quantitative estimate of drug-likeness (QED) is 0.651. The Hall–Kier alpha value is -2.87. The van der Waals surface area contributed by atoms with Crippen LogP contribution < -0.4 is 10.5 Å². The van der Waals surface area contributed by atoms with Gasteiger partial charge in [-0.2, -0.15) is 0 Å². The van der Waals surface area contributed by atoms with Gasteiger partial charge in [-0.1, -0.05) is 18.2 Å². The molecule has 0 bridgehead atoms. The minimum absolute atomic E-state index is 0.0121. The van der Waals surface area contributed by atoms with Crippen LogP contribution in [0.15, 0.2) is 40.5 Å². The first-order valence-corrected chi connectivity index (χ1v) is 12.7. The second kappa shape index (κ2) is 11.2. The molecule has 8 nitrogen and oxygen atoms in total. The maximum atomic E-state index is 13.0. The number of likely N-dealkylation sites (tertiary alicyclic amines) is 1. The molecule has 0 unspecified atom stereocenters. The van der Waals surface area contributed by atoms with Crippen LogP contribution in [0.25, 0.3) is 0 Å². The van der Waals surface area contributed by atoms with Gasteiger partial charge in [-0.05, 0) is 63.5 Å². The van der Waals surface area contributed by atoms with Gasteiger partial charge in [0.25, 0.3) is 5.91 Å². The summed E-state index contributed by atoms with van der Waals surface area (Å²) in [4.78, 5) is 34.3. The zero-order valence-corrected chi connectivity index (χ0v) is 21.2. The smallest absolute Gasteiger partial charge is 0.270 e. The Kier molecular flexibility index (Phi) is 8.11. The Morgan fingerprint density at radius 1 is 1.09 bits per heavy atom. The highest BCUT2D eigenvalue weighted by Gasteiger charge is 2.30. The lowest BCUT2D eigenvalue weighted by atomic mass is 9.89. The largest absolute Gasteiger partial charge is 0.496 e. The van der Waals surface area contributed by atoms with Gasteiger partial charge in [0.1, 0.15) is 18.0 Å². The molecule has 1 aromatic rings. The molecule has 1 aromatic carbocycles. The SMILES string of the molecule is COc1ccccc1C1CCN(C(=O)CN=C2CCC/C2=C(/N)C(=O)N2C[C@@H](C)O[C@@H](C)C2)CC1. The number of allylic oxidation sites excluding steroid dienone is 1. The van der Waals surface area contributed by atoms with Gasteiger partial charge >= 0.3 is 0 Å². The minimum atomic E-state index is -0.152. The normalized spacial score (nSPS) is 26.2. The number of carbonyl (C=O) groups excluding carboxylic acids is 2. The average molecular weight is 483 g/mol. The molecular formula is C27H38N4O4.